The van der Waals surface area contributed by atoms with Crippen molar-refractivity contribution in [3.8, 4) is 0 Å². The Bertz CT molecular complexity index is 856. The van der Waals surface area contributed by atoms with E-state index in [0.717, 1.165) is 11.1 Å². The SMILES string of the molecule is C[C@@H](NC(=O)c1cn(Cc2ccccc2Cl)nn1)c1cnn(C)c1. The molecule has 24 heavy (non-hydrogen) atoms. The molecule has 0 aliphatic heterocycles. The van der Waals surface area contributed by atoms with Crippen molar-refractivity contribution in [1.29, 1.82) is 0 Å². The van der Waals surface area contributed by atoms with E-state index in [1.54, 1.807) is 21.8 Å². The number of aryl methyl sites for hydroxylation is 1. The lowest BCUT2D eigenvalue weighted by molar-refractivity contribution is 0.0934. The Morgan fingerprint density at radius 2 is 2.12 bits per heavy atom. The van der Waals surface area contributed by atoms with E-state index in [0.29, 0.717) is 11.6 Å². The molecule has 0 aliphatic carbocycles. The highest BCUT2D eigenvalue weighted by molar-refractivity contribution is 6.31. The number of halogens is 1. The molecule has 8 heteroatoms. The van der Waals surface area contributed by atoms with Crippen LogP contribution >= 0.6 is 11.6 Å². The average Bonchev–Trinajstić information content (AvgIpc) is 3.19. The molecular weight excluding hydrogens is 328 g/mol. The third kappa shape index (κ3) is 3.62. The normalized spacial score (nSPS) is 12.1. The highest BCUT2D eigenvalue weighted by Crippen LogP contribution is 2.16. The van der Waals surface area contributed by atoms with Crippen molar-refractivity contribution < 1.29 is 4.79 Å². The summed E-state index contributed by atoms with van der Waals surface area (Å²) in [6.45, 7) is 2.35. The zero-order valence-electron chi connectivity index (χ0n) is 13.3. The molecule has 1 amide bonds. The van der Waals surface area contributed by atoms with Crippen LogP contribution in [0.1, 0.15) is 34.6 Å². The van der Waals surface area contributed by atoms with Gasteiger partial charge in [-0.2, -0.15) is 5.10 Å². The van der Waals surface area contributed by atoms with Crippen molar-refractivity contribution in [3.05, 3.63) is 64.7 Å². The highest BCUT2D eigenvalue weighted by Gasteiger charge is 2.16. The van der Waals surface area contributed by atoms with Crippen LogP contribution in [0.25, 0.3) is 0 Å². The number of rotatable bonds is 5. The zero-order valence-corrected chi connectivity index (χ0v) is 14.1. The first kappa shape index (κ1) is 16.2. The van der Waals surface area contributed by atoms with Crippen molar-refractivity contribution in [2.75, 3.05) is 0 Å². The fourth-order valence-corrected chi connectivity index (χ4v) is 2.49. The number of benzene rings is 1. The molecule has 2 heterocycles. The molecule has 7 nitrogen and oxygen atoms in total. The summed E-state index contributed by atoms with van der Waals surface area (Å²) in [6.07, 6.45) is 5.19. The largest absolute Gasteiger partial charge is 0.344 e. The first-order chi connectivity index (χ1) is 11.5. The minimum absolute atomic E-state index is 0.167. The Morgan fingerprint density at radius 1 is 1.33 bits per heavy atom. The molecule has 3 rings (SSSR count). The van der Waals surface area contributed by atoms with Gasteiger partial charge in [-0.3, -0.25) is 9.48 Å². The number of amides is 1. The van der Waals surface area contributed by atoms with Crippen LogP contribution in [-0.2, 0) is 13.6 Å². The topological polar surface area (TPSA) is 77.6 Å². The Hall–Kier alpha value is -2.67. The predicted molar refractivity (Wildman–Crippen MR) is 89.7 cm³/mol. The summed E-state index contributed by atoms with van der Waals surface area (Å²) < 4.78 is 3.28. The van der Waals surface area contributed by atoms with E-state index in [-0.39, 0.29) is 17.6 Å². The van der Waals surface area contributed by atoms with Gasteiger partial charge in [0.25, 0.3) is 5.91 Å². The van der Waals surface area contributed by atoms with Gasteiger partial charge in [-0.1, -0.05) is 35.0 Å². The molecular formula is C16H17ClN6O. The second kappa shape index (κ2) is 6.84. The van der Waals surface area contributed by atoms with E-state index in [9.17, 15) is 4.79 Å². The van der Waals surface area contributed by atoms with E-state index in [1.165, 1.54) is 0 Å². The fraction of sp³-hybridized carbons (Fsp3) is 0.250. The first-order valence-corrected chi connectivity index (χ1v) is 7.83. The molecule has 124 valence electrons. The minimum atomic E-state index is -0.281. The quantitative estimate of drug-likeness (QED) is 0.769. The second-order valence-electron chi connectivity index (χ2n) is 5.54. The number of carbonyl (C=O) groups is 1. The fourth-order valence-electron chi connectivity index (χ4n) is 2.30. The summed E-state index contributed by atoms with van der Waals surface area (Å²) in [5, 5.41) is 15.6. The van der Waals surface area contributed by atoms with Crippen LogP contribution in [0.2, 0.25) is 5.02 Å². The monoisotopic (exact) mass is 344 g/mol. The maximum Gasteiger partial charge on any atom is 0.273 e. The summed E-state index contributed by atoms with van der Waals surface area (Å²) in [4.78, 5) is 12.3. The van der Waals surface area contributed by atoms with E-state index in [4.69, 9.17) is 11.6 Å². The molecule has 0 spiro atoms. The smallest absolute Gasteiger partial charge is 0.273 e. The molecule has 0 saturated carbocycles. The van der Waals surface area contributed by atoms with Crippen LogP contribution in [0.15, 0.2) is 42.9 Å². The van der Waals surface area contributed by atoms with Gasteiger partial charge in [0.1, 0.15) is 0 Å². The van der Waals surface area contributed by atoms with Gasteiger partial charge < -0.3 is 5.32 Å². The van der Waals surface area contributed by atoms with Crippen LogP contribution in [0, 0.1) is 0 Å². The summed E-state index contributed by atoms with van der Waals surface area (Å²) in [5.74, 6) is -0.281. The Balaban J connectivity index is 1.66. The Morgan fingerprint density at radius 3 is 2.83 bits per heavy atom. The first-order valence-electron chi connectivity index (χ1n) is 7.46. The molecule has 1 N–H and O–H groups in total. The molecule has 0 radical (unpaired) electrons. The van der Waals surface area contributed by atoms with E-state index in [1.807, 2.05) is 44.4 Å². The number of nitrogens with zero attached hydrogens (tertiary/aromatic N) is 5. The molecule has 0 bridgehead atoms. The van der Waals surface area contributed by atoms with Gasteiger partial charge in [0.15, 0.2) is 5.69 Å². The average molecular weight is 345 g/mol. The minimum Gasteiger partial charge on any atom is -0.344 e. The van der Waals surface area contributed by atoms with Crippen LogP contribution in [0.4, 0.5) is 0 Å². The lowest BCUT2D eigenvalue weighted by Gasteiger charge is -2.10. The number of nitrogens with one attached hydrogen (secondary N) is 1. The van der Waals surface area contributed by atoms with Crippen molar-refractivity contribution in [2.24, 2.45) is 7.05 Å². The molecule has 0 aliphatic rings. The van der Waals surface area contributed by atoms with Crippen molar-refractivity contribution in [2.45, 2.75) is 19.5 Å². The number of hydrogen-bond donors (Lipinski definition) is 1. The van der Waals surface area contributed by atoms with Crippen molar-refractivity contribution in [3.63, 3.8) is 0 Å². The van der Waals surface area contributed by atoms with Gasteiger partial charge in [-0.15, -0.1) is 5.10 Å². The molecule has 0 fully saturated rings. The third-order valence-electron chi connectivity index (χ3n) is 3.63. The zero-order chi connectivity index (χ0) is 17.1. The molecule has 1 atom stereocenters. The highest BCUT2D eigenvalue weighted by atomic mass is 35.5. The van der Waals surface area contributed by atoms with Gasteiger partial charge in [0, 0.05) is 23.8 Å². The molecule has 0 saturated heterocycles. The summed E-state index contributed by atoms with van der Waals surface area (Å²) in [6, 6.07) is 7.33. The summed E-state index contributed by atoms with van der Waals surface area (Å²) >= 11 is 6.13. The summed E-state index contributed by atoms with van der Waals surface area (Å²) in [7, 11) is 1.83. The van der Waals surface area contributed by atoms with E-state index in [2.05, 4.69) is 20.7 Å². The van der Waals surface area contributed by atoms with Gasteiger partial charge >= 0.3 is 0 Å². The molecule has 3 aromatic rings. The maximum atomic E-state index is 12.3. The van der Waals surface area contributed by atoms with Gasteiger partial charge in [-0.25, -0.2) is 4.68 Å². The number of aromatic nitrogens is 5. The van der Waals surface area contributed by atoms with Crippen LogP contribution in [0.5, 0.6) is 0 Å². The lowest BCUT2D eigenvalue weighted by Crippen LogP contribution is -2.26. The van der Waals surface area contributed by atoms with Crippen molar-refractivity contribution >= 4 is 17.5 Å². The lowest BCUT2D eigenvalue weighted by atomic mass is 10.2. The van der Waals surface area contributed by atoms with Crippen LogP contribution in [-0.4, -0.2) is 30.7 Å². The van der Waals surface area contributed by atoms with E-state index >= 15 is 0 Å². The van der Waals surface area contributed by atoms with Crippen LogP contribution in [0.3, 0.4) is 0 Å². The Labute approximate surface area is 144 Å². The second-order valence-corrected chi connectivity index (χ2v) is 5.94. The Kier molecular flexibility index (Phi) is 4.61. The number of hydrogen-bond acceptors (Lipinski definition) is 4. The summed E-state index contributed by atoms with van der Waals surface area (Å²) in [5.41, 5.74) is 2.10. The van der Waals surface area contributed by atoms with E-state index < -0.39 is 0 Å². The molecule has 2 aromatic heterocycles. The van der Waals surface area contributed by atoms with Gasteiger partial charge in [0.2, 0.25) is 0 Å². The standard InChI is InChI=1S/C16H17ClN6O/c1-11(13-7-18-22(2)8-13)19-16(24)15-10-23(21-20-15)9-12-5-3-4-6-14(12)17/h3-8,10-11H,9H2,1-2H3,(H,19,24)/t11-/m1/s1. The van der Waals surface area contributed by atoms with Gasteiger partial charge in [0.05, 0.1) is 25.0 Å². The van der Waals surface area contributed by atoms with Crippen LogP contribution < -0.4 is 5.32 Å². The maximum absolute atomic E-state index is 12.3. The molecule has 0 unspecified atom stereocenters. The number of carbonyl (C=O) groups excluding carboxylic acids is 1. The predicted octanol–water partition coefficient (Wildman–Crippen LogP) is 2.20. The molecule has 1 aromatic carbocycles. The van der Waals surface area contributed by atoms with Crippen molar-refractivity contribution in [1.82, 2.24) is 30.1 Å². The third-order valence-corrected chi connectivity index (χ3v) is 4.00. The van der Waals surface area contributed by atoms with Gasteiger partial charge in [-0.05, 0) is 18.6 Å².